The molecule has 1 aromatic carbocycles. The van der Waals surface area contributed by atoms with Crippen LogP contribution >= 0.6 is 0 Å². The molecule has 21 heavy (non-hydrogen) atoms. The Kier molecular flexibility index (Phi) is 4.05. The molecule has 0 atom stereocenters. The number of aromatic amines is 1. The van der Waals surface area contributed by atoms with Crippen LogP contribution in [0.15, 0.2) is 29.2 Å². The van der Waals surface area contributed by atoms with E-state index in [1.54, 1.807) is 6.92 Å². The van der Waals surface area contributed by atoms with Crippen molar-refractivity contribution in [3.63, 3.8) is 0 Å². The minimum Gasteiger partial charge on any atom is -0.478 e. The van der Waals surface area contributed by atoms with Gasteiger partial charge in [-0.2, -0.15) is 9.40 Å². The first-order valence-electron chi connectivity index (χ1n) is 5.99. The van der Waals surface area contributed by atoms with Crippen LogP contribution < -0.4 is 0 Å². The normalized spacial score (nSPS) is 11.8. The summed E-state index contributed by atoms with van der Waals surface area (Å²) in [6.45, 7) is 1.64. The lowest BCUT2D eigenvalue weighted by molar-refractivity contribution is 0.0692. The van der Waals surface area contributed by atoms with Crippen LogP contribution in [0.1, 0.15) is 22.0 Å². The number of nitrogens with one attached hydrogen (secondary N) is 1. The Morgan fingerprint density at radius 3 is 2.62 bits per heavy atom. The largest absolute Gasteiger partial charge is 0.478 e. The number of carboxylic acid groups (broad SMARTS) is 1. The zero-order valence-electron chi connectivity index (χ0n) is 11.4. The van der Waals surface area contributed by atoms with Crippen molar-refractivity contribution in [2.75, 3.05) is 7.05 Å². The first-order chi connectivity index (χ1) is 9.82. The van der Waals surface area contributed by atoms with Crippen LogP contribution in [0, 0.1) is 6.92 Å². The number of nitrogens with zero attached hydrogens (tertiary/aromatic N) is 3. The number of aromatic nitrogens is 3. The number of hydrogen-bond donors (Lipinski definition) is 2. The molecule has 0 amide bonds. The molecule has 0 saturated heterocycles. The number of carbonyl (C=O) groups is 1. The summed E-state index contributed by atoms with van der Waals surface area (Å²) in [6.07, 6.45) is 0. The van der Waals surface area contributed by atoms with Crippen molar-refractivity contribution < 1.29 is 18.3 Å². The van der Waals surface area contributed by atoms with Gasteiger partial charge in [-0.15, -0.1) is 0 Å². The average Bonchev–Trinajstić information content (AvgIpc) is 2.84. The highest BCUT2D eigenvalue weighted by molar-refractivity contribution is 7.89. The number of H-pyrrole nitrogens is 1. The second kappa shape index (κ2) is 5.62. The van der Waals surface area contributed by atoms with Crippen LogP contribution in [-0.2, 0) is 16.6 Å². The highest BCUT2D eigenvalue weighted by atomic mass is 32.2. The number of rotatable bonds is 5. The molecule has 0 aliphatic carbocycles. The molecule has 0 bridgehead atoms. The lowest BCUT2D eigenvalue weighted by Crippen LogP contribution is -2.28. The Morgan fingerprint density at radius 2 is 2.05 bits per heavy atom. The number of aryl methyl sites for hydroxylation is 1. The molecule has 112 valence electrons. The second-order valence-electron chi connectivity index (χ2n) is 4.40. The maximum absolute atomic E-state index is 12.5. The fourth-order valence-electron chi connectivity index (χ4n) is 1.78. The van der Waals surface area contributed by atoms with E-state index in [9.17, 15) is 13.2 Å². The molecule has 2 N–H and O–H groups in total. The molecule has 0 saturated carbocycles. The molecular weight excluding hydrogens is 296 g/mol. The van der Waals surface area contributed by atoms with Gasteiger partial charge in [-0.1, -0.05) is 12.1 Å². The van der Waals surface area contributed by atoms with Crippen LogP contribution in [0.3, 0.4) is 0 Å². The van der Waals surface area contributed by atoms with Crippen molar-refractivity contribution >= 4 is 16.0 Å². The Balaban J connectivity index is 2.35. The van der Waals surface area contributed by atoms with E-state index in [1.807, 2.05) is 0 Å². The van der Waals surface area contributed by atoms with E-state index in [-0.39, 0.29) is 17.0 Å². The van der Waals surface area contributed by atoms with E-state index in [1.165, 1.54) is 31.3 Å². The van der Waals surface area contributed by atoms with Gasteiger partial charge in [-0.3, -0.25) is 5.10 Å². The standard InChI is InChI=1S/C12H14N4O4S/c1-8-13-11(15-14-8)7-16(2)21(19,20)10-6-4-3-5-9(10)12(17)18/h3-6H,7H2,1-2H3,(H,17,18)(H,13,14,15). The summed E-state index contributed by atoms with van der Waals surface area (Å²) in [5, 5.41) is 15.6. The van der Waals surface area contributed by atoms with Crippen LogP contribution in [0.2, 0.25) is 0 Å². The van der Waals surface area contributed by atoms with Gasteiger partial charge in [0, 0.05) is 7.05 Å². The van der Waals surface area contributed by atoms with Crippen molar-refractivity contribution in [1.29, 1.82) is 0 Å². The summed E-state index contributed by atoms with van der Waals surface area (Å²) in [7, 11) is -2.60. The first kappa shape index (κ1) is 15.1. The number of carboxylic acids is 1. The minimum atomic E-state index is -3.94. The third-order valence-corrected chi connectivity index (χ3v) is 4.67. The van der Waals surface area contributed by atoms with Gasteiger partial charge in [0.1, 0.15) is 5.82 Å². The van der Waals surface area contributed by atoms with Gasteiger partial charge < -0.3 is 5.11 Å². The van der Waals surface area contributed by atoms with Gasteiger partial charge in [0.15, 0.2) is 5.82 Å². The van der Waals surface area contributed by atoms with Crippen LogP contribution in [0.4, 0.5) is 0 Å². The molecule has 0 spiro atoms. The van der Waals surface area contributed by atoms with Crippen molar-refractivity contribution in [3.8, 4) is 0 Å². The molecule has 8 nitrogen and oxygen atoms in total. The Hall–Kier alpha value is -2.26. The minimum absolute atomic E-state index is 0.0549. The van der Waals surface area contributed by atoms with Crippen LogP contribution in [0.5, 0.6) is 0 Å². The fraction of sp³-hybridized carbons (Fsp3) is 0.250. The molecule has 0 aliphatic rings. The van der Waals surface area contributed by atoms with Gasteiger partial charge in [0.05, 0.1) is 17.0 Å². The molecule has 1 heterocycles. The summed E-state index contributed by atoms with van der Waals surface area (Å²) < 4.78 is 25.9. The zero-order chi connectivity index (χ0) is 15.6. The van der Waals surface area contributed by atoms with Gasteiger partial charge in [-0.25, -0.2) is 18.2 Å². The topological polar surface area (TPSA) is 116 Å². The number of aromatic carboxylic acids is 1. The third-order valence-electron chi connectivity index (χ3n) is 2.81. The van der Waals surface area contributed by atoms with Gasteiger partial charge in [0.2, 0.25) is 10.0 Å². The molecule has 2 rings (SSSR count). The summed E-state index contributed by atoms with van der Waals surface area (Å²) in [5.74, 6) is -0.413. The smallest absolute Gasteiger partial charge is 0.337 e. The number of sulfonamides is 1. The van der Waals surface area contributed by atoms with Gasteiger partial charge in [-0.05, 0) is 19.1 Å². The lowest BCUT2D eigenvalue weighted by atomic mass is 10.2. The summed E-state index contributed by atoms with van der Waals surface area (Å²) >= 11 is 0. The molecule has 0 aliphatic heterocycles. The first-order valence-corrected chi connectivity index (χ1v) is 7.43. The monoisotopic (exact) mass is 310 g/mol. The van der Waals surface area contributed by atoms with Crippen LogP contribution in [-0.4, -0.2) is 46.0 Å². The Morgan fingerprint density at radius 1 is 1.38 bits per heavy atom. The summed E-state index contributed by atoms with van der Waals surface area (Å²) in [5.41, 5.74) is -0.268. The van der Waals surface area contributed by atoms with E-state index < -0.39 is 16.0 Å². The highest BCUT2D eigenvalue weighted by Gasteiger charge is 2.27. The van der Waals surface area contributed by atoms with Gasteiger partial charge >= 0.3 is 5.97 Å². The quantitative estimate of drug-likeness (QED) is 0.836. The zero-order valence-corrected chi connectivity index (χ0v) is 12.3. The van der Waals surface area contributed by atoms with Crippen molar-refractivity contribution in [1.82, 2.24) is 19.5 Å². The number of benzene rings is 1. The maximum Gasteiger partial charge on any atom is 0.337 e. The van der Waals surface area contributed by atoms with Crippen LogP contribution in [0.25, 0.3) is 0 Å². The molecule has 0 fully saturated rings. The SMILES string of the molecule is Cc1nc(CN(C)S(=O)(=O)c2ccccc2C(=O)O)n[nH]1. The molecule has 0 radical (unpaired) electrons. The van der Waals surface area contributed by atoms with E-state index in [4.69, 9.17) is 5.11 Å². The molecular formula is C12H14N4O4S. The van der Waals surface area contributed by atoms with Crippen molar-refractivity contribution in [2.45, 2.75) is 18.4 Å². The van der Waals surface area contributed by atoms with E-state index in [0.29, 0.717) is 11.6 Å². The predicted molar refractivity (Wildman–Crippen MR) is 73.2 cm³/mol. The maximum atomic E-state index is 12.5. The fourth-order valence-corrected chi connectivity index (χ4v) is 3.09. The van der Waals surface area contributed by atoms with E-state index in [0.717, 1.165) is 4.31 Å². The predicted octanol–water partition coefficient (Wildman–Crippen LogP) is 0.632. The molecule has 1 aromatic heterocycles. The lowest BCUT2D eigenvalue weighted by Gasteiger charge is -2.16. The average molecular weight is 310 g/mol. The second-order valence-corrected chi connectivity index (χ2v) is 6.41. The van der Waals surface area contributed by atoms with Gasteiger partial charge in [0.25, 0.3) is 0 Å². The molecule has 0 unspecified atom stereocenters. The Bertz CT molecular complexity index is 769. The summed E-state index contributed by atoms with van der Waals surface area (Å²) in [4.78, 5) is 14.9. The highest BCUT2D eigenvalue weighted by Crippen LogP contribution is 2.20. The van der Waals surface area contributed by atoms with E-state index in [2.05, 4.69) is 15.2 Å². The third kappa shape index (κ3) is 3.09. The molecule has 9 heteroatoms. The summed E-state index contributed by atoms with van der Waals surface area (Å²) in [6, 6.07) is 5.46. The number of hydrogen-bond acceptors (Lipinski definition) is 5. The van der Waals surface area contributed by atoms with Crippen molar-refractivity contribution in [2.24, 2.45) is 0 Å². The molecule has 2 aromatic rings. The van der Waals surface area contributed by atoms with E-state index >= 15 is 0 Å². The van der Waals surface area contributed by atoms with Crippen molar-refractivity contribution in [3.05, 3.63) is 41.5 Å². The Labute approximate surface area is 121 Å².